The highest BCUT2D eigenvalue weighted by molar-refractivity contribution is 7.08. The summed E-state index contributed by atoms with van der Waals surface area (Å²) in [6, 6.07) is 3.74. The monoisotopic (exact) mass is 413 g/mol. The molecule has 0 fully saturated rings. The number of halogens is 2. The van der Waals surface area contributed by atoms with E-state index in [4.69, 9.17) is 27.9 Å². The molecular formula is C19H25Cl2N3OS. The maximum Gasteiger partial charge on any atom is 0.219 e. The Morgan fingerprint density at radius 2 is 1.92 bits per heavy atom. The summed E-state index contributed by atoms with van der Waals surface area (Å²) in [6.07, 6.45) is 0. The van der Waals surface area contributed by atoms with Gasteiger partial charge in [0.2, 0.25) is 5.06 Å². The fourth-order valence-electron chi connectivity index (χ4n) is 2.36. The molecule has 0 saturated carbocycles. The zero-order chi connectivity index (χ0) is 19.6. The van der Waals surface area contributed by atoms with Gasteiger partial charge >= 0.3 is 0 Å². The van der Waals surface area contributed by atoms with Crippen molar-refractivity contribution < 1.29 is 4.74 Å². The van der Waals surface area contributed by atoms with Crippen molar-refractivity contribution in [3.8, 4) is 10.8 Å². The number of hydrogen-bond acceptors (Lipinski definition) is 4. The highest BCUT2D eigenvalue weighted by Crippen LogP contribution is 2.43. The van der Waals surface area contributed by atoms with Crippen molar-refractivity contribution in [3.63, 3.8) is 0 Å². The van der Waals surface area contributed by atoms with Crippen LogP contribution in [0.1, 0.15) is 45.9 Å². The summed E-state index contributed by atoms with van der Waals surface area (Å²) in [5, 5.41) is 4.93. The number of aliphatic imine (C=N–C) groups is 1. The molecule has 1 aromatic heterocycles. The smallest absolute Gasteiger partial charge is 0.219 e. The van der Waals surface area contributed by atoms with Gasteiger partial charge in [-0.3, -0.25) is 4.99 Å². The van der Waals surface area contributed by atoms with Crippen LogP contribution in [0.5, 0.6) is 10.8 Å². The quantitative estimate of drug-likeness (QED) is 0.435. The Hall–Kier alpha value is -1.30. The fourth-order valence-corrected chi connectivity index (χ4v) is 3.92. The Morgan fingerprint density at radius 1 is 1.27 bits per heavy atom. The van der Waals surface area contributed by atoms with Crippen LogP contribution < -0.4 is 10.1 Å². The van der Waals surface area contributed by atoms with E-state index in [1.165, 1.54) is 11.5 Å². The third-order valence-electron chi connectivity index (χ3n) is 3.85. The molecule has 0 aliphatic carbocycles. The van der Waals surface area contributed by atoms with Crippen molar-refractivity contribution in [2.24, 2.45) is 10.9 Å². The van der Waals surface area contributed by atoms with Crippen molar-refractivity contribution in [3.05, 3.63) is 33.4 Å². The number of amidine groups is 1. The van der Waals surface area contributed by atoms with Gasteiger partial charge in [0.25, 0.3) is 0 Å². The van der Waals surface area contributed by atoms with Crippen molar-refractivity contribution >= 4 is 46.3 Å². The fraction of sp³-hybridized carbons (Fsp3) is 0.474. The largest absolute Gasteiger partial charge is 0.442 e. The van der Waals surface area contributed by atoms with Gasteiger partial charge in [0.1, 0.15) is 16.6 Å². The van der Waals surface area contributed by atoms with E-state index in [0.29, 0.717) is 26.8 Å². The van der Waals surface area contributed by atoms with Gasteiger partial charge in [-0.1, -0.05) is 57.8 Å². The van der Waals surface area contributed by atoms with Crippen LogP contribution in [0.4, 0.5) is 5.69 Å². The van der Waals surface area contributed by atoms with E-state index in [1.54, 1.807) is 7.05 Å². The lowest BCUT2D eigenvalue weighted by Crippen LogP contribution is -2.19. The maximum atomic E-state index is 6.46. The van der Waals surface area contributed by atoms with Crippen LogP contribution in [0.25, 0.3) is 0 Å². The van der Waals surface area contributed by atoms with Crippen LogP contribution in [0, 0.1) is 12.8 Å². The predicted molar refractivity (Wildman–Crippen MR) is 114 cm³/mol. The molecule has 142 valence electrons. The Bertz CT molecular complexity index is 823. The zero-order valence-electron chi connectivity index (χ0n) is 16.2. The molecule has 0 aliphatic rings. The molecule has 7 heteroatoms. The molecule has 0 unspecified atom stereocenters. The number of benzene rings is 1. The molecule has 0 atom stereocenters. The molecular weight excluding hydrogens is 389 g/mol. The van der Waals surface area contributed by atoms with E-state index in [1.807, 2.05) is 19.1 Å². The number of hydrogen-bond donors (Lipinski definition) is 1. The van der Waals surface area contributed by atoms with Crippen LogP contribution >= 0.6 is 34.7 Å². The van der Waals surface area contributed by atoms with Gasteiger partial charge in [-0.2, -0.15) is 4.37 Å². The lowest BCUT2D eigenvalue weighted by molar-refractivity contribution is 0.494. The predicted octanol–water partition coefficient (Wildman–Crippen LogP) is 6.94. The maximum absolute atomic E-state index is 6.46. The van der Waals surface area contributed by atoms with Gasteiger partial charge in [-0.25, -0.2) is 0 Å². The first kappa shape index (κ1) is 21.0. The first-order valence-corrected chi connectivity index (χ1v) is 9.94. The number of rotatable bonds is 4. The van der Waals surface area contributed by atoms with E-state index >= 15 is 0 Å². The third-order valence-corrected chi connectivity index (χ3v) is 5.33. The summed E-state index contributed by atoms with van der Waals surface area (Å²) in [6.45, 7) is 12.4. The molecule has 1 heterocycles. The molecule has 0 radical (unpaired) electrons. The first-order valence-electron chi connectivity index (χ1n) is 8.42. The lowest BCUT2D eigenvalue weighted by atomic mass is 9.92. The lowest BCUT2D eigenvalue weighted by Gasteiger charge is -2.17. The van der Waals surface area contributed by atoms with Gasteiger partial charge in [-0.15, -0.1) is 0 Å². The van der Waals surface area contributed by atoms with Crippen LogP contribution in [0.3, 0.4) is 0 Å². The van der Waals surface area contributed by atoms with Crippen LogP contribution in [0.2, 0.25) is 10.0 Å². The minimum absolute atomic E-state index is 0.143. The van der Waals surface area contributed by atoms with Gasteiger partial charge in [0.05, 0.1) is 10.7 Å². The van der Waals surface area contributed by atoms with Crippen molar-refractivity contribution in [1.82, 2.24) is 4.37 Å². The van der Waals surface area contributed by atoms with Gasteiger partial charge in [-0.05, 0) is 24.6 Å². The minimum Gasteiger partial charge on any atom is -0.442 e. The average molecular weight is 414 g/mol. The number of aromatic nitrogens is 1. The van der Waals surface area contributed by atoms with E-state index in [-0.39, 0.29) is 5.41 Å². The van der Waals surface area contributed by atoms with Crippen LogP contribution in [-0.4, -0.2) is 17.3 Å². The first-order chi connectivity index (χ1) is 12.0. The number of nitrogens with zero attached hydrogens (tertiary/aromatic N) is 2. The number of ether oxygens (including phenoxy) is 1. The molecule has 1 aromatic carbocycles. The van der Waals surface area contributed by atoms with Crippen molar-refractivity contribution in [1.29, 1.82) is 0 Å². The van der Waals surface area contributed by atoms with Crippen molar-refractivity contribution in [2.45, 2.75) is 47.0 Å². The topological polar surface area (TPSA) is 46.5 Å². The van der Waals surface area contributed by atoms with E-state index in [9.17, 15) is 0 Å². The molecule has 0 amide bonds. The van der Waals surface area contributed by atoms with E-state index in [0.717, 1.165) is 22.8 Å². The van der Waals surface area contributed by atoms with Crippen LogP contribution in [-0.2, 0) is 5.41 Å². The second-order valence-corrected chi connectivity index (χ2v) is 8.99. The summed E-state index contributed by atoms with van der Waals surface area (Å²) in [5.74, 6) is 1.75. The van der Waals surface area contributed by atoms with Gasteiger partial charge in [0.15, 0.2) is 0 Å². The van der Waals surface area contributed by atoms with E-state index < -0.39 is 0 Å². The second kappa shape index (κ2) is 8.15. The SMILES string of the molecule is CN=C(Nc1cc(Cl)c(Oc2snc(C(C)(C)C)c2Cl)cc1C)C(C)C. The third kappa shape index (κ3) is 4.70. The Kier molecular flexibility index (Phi) is 6.59. The molecule has 0 spiro atoms. The Balaban J connectivity index is 2.30. The summed E-state index contributed by atoms with van der Waals surface area (Å²) in [4.78, 5) is 4.29. The molecule has 1 N–H and O–H groups in total. The highest BCUT2D eigenvalue weighted by atomic mass is 35.5. The number of anilines is 1. The summed E-state index contributed by atoms with van der Waals surface area (Å²) in [7, 11) is 1.77. The molecule has 0 saturated heterocycles. The standard InChI is InChI=1S/C19H25Cl2N3OS/c1-10(2)17(22-7)23-13-9-12(20)14(8-11(13)3)25-18-15(21)16(24-26-18)19(4,5)6/h8-10H,1-7H3,(H,22,23). The Labute approximate surface area is 169 Å². The summed E-state index contributed by atoms with van der Waals surface area (Å²) < 4.78 is 10.4. The van der Waals surface area contributed by atoms with E-state index in [2.05, 4.69) is 49.3 Å². The summed E-state index contributed by atoms with van der Waals surface area (Å²) in [5.41, 5.74) is 2.59. The molecule has 0 aliphatic heterocycles. The second-order valence-electron chi connectivity index (χ2n) is 7.47. The molecule has 2 aromatic rings. The van der Waals surface area contributed by atoms with Gasteiger partial charge < -0.3 is 10.1 Å². The molecule has 4 nitrogen and oxygen atoms in total. The number of nitrogens with one attached hydrogen (secondary N) is 1. The zero-order valence-corrected chi connectivity index (χ0v) is 18.5. The Morgan fingerprint density at radius 3 is 2.42 bits per heavy atom. The molecule has 26 heavy (non-hydrogen) atoms. The van der Waals surface area contributed by atoms with Crippen molar-refractivity contribution in [2.75, 3.05) is 12.4 Å². The molecule has 0 bridgehead atoms. The highest BCUT2D eigenvalue weighted by Gasteiger charge is 2.25. The normalized spacial score (nSPS) is 12.6. The van der Waals surface area contributed by atoms with Gasteiger partial charge in [0, 0.05) is 35.6 Å². The summed E-state index contributed by atoms with van der Waals surface area (Å²) >= 11 is 14.1. The minimum atomic E-state index is -0.143. The number of aryl methyl sites for hydroxylation is 1. The van der Waals surface area contributed by atoms with Crippen LogP contribution in [0.15, 0.2) is 17.1 Å². The average Bonchev–Trinajstić information content (AvgIpc) is 2.89. The molecule has 2 rings (SSSR count).